The van der Waals surface area contributed by atoms with Crippen LogP contribution in [-0.2, 0) is 9.59 Å². The van der Waals surface area contributed by atoms with Gasteiger partial charge in [-0.1, -0.05) is 36.1 Å². The van der Waals surface area contributed by atoms with Crippen molar-refractivity contribution in [2.75, 3.05) is 0 Å². The van der Waals surface area contributed by atoms with Gasteiger partial charge in [0.2, 0.25) is 0 Å². The van der Waals surface area contributed by atoms with Gasteiger partial charge < -0.3 is 5.11 Å². The van der Waals surface area contributed by atoms with Crippen LogP contribution in [0.1, 0.15) is 13.8 Å². The number of aliphatic carboxylic acids is 1. The molecule has 0 aromatic rings. The number of carboxylic acids is 1. The van der Waals surface area contributed by atoms with Crippen LogP contribution < -0.4 is 0 Å². The van der Waals surface area contributed by atoms with Crippen molar-refractivity contribution in [1.82, 2.24) is 4.90 Å². The van der Waals surface area contributed by atoms with Crippen LogP contribution >= 0.6 is 24.0 Å². The summed E-state index contributed by atoms with van der Waals surface area (Å²) in [5.74, 6) is -1.41. The molecule has 1 rings (SSSR count). The molecule has 1 saturated heterocycles. The molecule has 4 nitrogen and oxygen atoms in total. The number of rotatable bonds is 3. The first kappa shape index (κ1) is 12.9. The first-order chi connectivity index (χ1) is 7.49. The fourth-order valence-corrected chi connectivity index (χ4v) is 2.49. The average molecular weight is 257 g/mol. The Bertz CT molecular complexity index is 401. The Morgan fingerprint density at radius 3 is 2.75 bits per heavy atom. The number of carboxylic acid groups (broad SMARTS) is 1. The molecule has 1 fully saturated rings. The van der Waals surface area contributed by atoms with Crippen LogP contribution in [-0.4, -0.2) is 32.2 Å². The van der Waals surface area contributed by atoms with Gasteiger partial charge in [-0.15, -0.1) is 0 Å². The molecule has 86 valence electrons. The topological polar surface area (TPSA) is 57.6 Å². The van der Waals surface area contributed by atoms with Gasteiger partial charge in [0.05, 0.1) is 4.91 Å². The molecule has 0 aliphatic carbocycles. The fourth-order valence-electron chi connectivity index (χ4n) is 1.12. The van der Waals surface area contributed by atoms with Crippen molar-refractivity contribution in [1.29, 1.82) is 0 Å². The minimum absolute atomic E-state index is 0.288. The lowest BCUT2D eigenvalue weighted by molar-refractivity contribution is -0.144. The highest BCUT2D eigenvalue weighted by Gasteiger charge is 2.37. The van der Waals surface area contributed by atoms with E-state index in [1.165, 1.54) is 6.92 Å². The Balaban J connectivity index is 2.96. The third-order valence-electron chi connectivity index (χ3n) is 2.01. The highest BCUT2D eigenvalue weighted by molar-refractivity contribution is 8.26. The Morgan fingerprint density at radius 1 is 1.62 bits per heavy atom. The lowest BCUT2D eigenvalue weighted by Crippen LogP contribution is -2.41. The van der Waals surface area contributed by atoms with Gasteiger partial charge in [-0.25, -0.2) is 4.79 Å². The van der Waals surface area contributed by atoms with Crippen molar-refractivity contribution in [3.63, 3.8) is 0 Å². The summed E-state index contributed by atoms with van der Waals surface area (Å²) in [5, 5.41) is 8.84. The summed E-state index contributed by atoms with van der Waals surface area (Å²) < 4.78 is 0.288. The van der Waals surface area contributed by atoms with Crippen LogP contribution in [0.25, 0.3) is 0 Å². The number of thioether (sulfide) groups is 1. The zero-order chi connectivity index (χ0) is 12.3. The second-order valence-electron chi connectivity index (χ2n) is 3.11. The summed E-state index contributed by atoms with van der Waals surface area (Å²) in [4.78, 5) is 24.2. The molecule has 1 amide bonds. The van der Waals surface area contributed by atoms with E-state index in [2.05, 4.69) is 0 Å². The Hall–Kier alpha value is -1.14. The lowest BCUT2D eigenvalue weighted by Gasteiger charge is -2.18. The molecule has 6 heteroatoms. The highest BCUT2D eigenvalue weighted by atomic mass is 32.2. The van der Waals surface area contributed by atoms with Crippen molar-refractivity contribution >= 4 is 40.2 Å². The van der Waals surface area contributed by atoms with E-state index in [0.29, 0.717) is 4.91 Å². The Kier molecular flexibility index (Phi) is 4.26. The molecule has 1 unspecified atom stereocenters. The van der Waals surface area contributed by atoms with Crippen molar-refractivity contribution in [3.05, 3.63) is 23.1 Å². The first-order valence-corrected chi connectivity index (χ1v) is 5.82. The van der Waals surface area contributed by atoms with Crippen LogP contribution in [0.5, 0.6) is 0 Å². The predicted molar refractivity (Wildman–Crippen MR) is 67.0 cm³/mol. The maximum absolute atomic E-state index is 11.8. The van der Waals surface area contributed by atoms with Gasteiger partial charge >= 0.3 is 5.97 Å². The van der Waals surface area contributed by atoms with Crippen LogP contribution in [0.2, 0.25) is 0 Å². The Morgan fingerprint density at radius 2 is 2.25 bits per heavy atom. The second-order valence-corrected chi connectivity index (χ2v) is 4.79. The normalized spacial score (nSPS) is 21.1. The summed E-state index contributed by atoms with van der Waals surface area (Å²) in [6.07, 6.45) is 5.14. The minimum Gasteiger partial charge on any atom is -0.480 e. The van der Waals surface area contributed by atoms with Gasteiger partial charge in [0.15, 0.2) is 0 Å². The lowest BCUT2D eigenvalue weighted by atomic mass is 10.3. The Labute approximate surface area is 103 Å². The number of carbonyl (C=O) groups excluding carboxylic acids is 1. The largest absolute Gasteiger partial charge is 0.480 e. The molecule has 0 aromatic carbocycles. The molecule has 1 heterocycles. The average Bonchev–Trinajstić information content (AvgIpc) is 2.50. The number of allylic oxidation sites excluding steroid dienone is 3. The summed E-state index contributed by atoms with van der Waals surface area (Å²) in [7, 11) is 0. The maximum atomic E-state index is 11.8. The van der Waals surface area contributed by atoms with Crippen LogP contribution in [0.15, 0.2) is 23.1 Å². The molecule has 1 atom stereocenters. The predicted octanol–water partition coefficient (Wildman–Crippen LogP) is 1.78. The fraction of sp³-hybridized carbons (Fsp3) is 0.300. The number of amides is 1. The molecule has 0 spiro atoms. The molecular weight excluding hydrogens is 246 g/mol. The van der Waals surface area contributed by atoms with Crippen LogP contribution in [0, 0.1) is 0 Å². The minimum atomic E-state index is -1.07. The smallest absolute Gasteiger partial charge is 0.326 e. The third-order valence-corrected chi connectivity index (χ3v) is 3.36. The van der Waals surface area contributed by atoms with E-state index in [1.807, 2.05) is 6.92 Å². The SMILES string of the molecule is C/C=C/C=C1\SC(=S)N(C(C)C(=O)O)C1=O. The molecule has 0 aromatic heterocycles. The van der Waals surface area contributed by atoms with Gasteiger partial charge in [-0.05, 0) is 19.9 Å². The number of nitrogens with zero attached hydrogens (tertiary/aromatic N) is 1. The second kappa shape index (κ2) is 5.27. The van der Waals surface area contributed by atoms with Gasteiger partial charge in [0, 0.05) is 0 Å². The zero-order valence-electron chi connectivity index (χ0n) is 8.84. The van der Waals surface area contributed by atoms with Crippen molar-refractivity contribution in [2.24, 2.45) is 0 Å². The van der Waals surface area contributed by atoms with E-state index in [1.54, 1.807) is 18.2 Å². The van der Waals surface area contributed by atoms with Crippen molar-refractivity contribution in [3.8, 4) is 0 Å². The van der Waals surface area contributed by atoms with E-state index in [9.17, 15) is 9.59 Å². The monoisotopic (exact) mass is 257 g/mol. The summed E-state index contributed by atoms with van der Waals surface area (Å²) >= 11 is 6.10. The molecule has 1 N–H and O–H groups in total. The van der Waals surface area contributed by atoms with E-state index in [-0.39, 0.29) is 10.2 Å². The van der Waals surface area contributed by atoms with Gasteiger partial charge in [0.25, 0.3) is 5.91 Å². The molecule has 1 aliphatic heterocycles. The molecular formula is C10H11NO3S2. The van der Waals surface area contributed by atoms with Crippen molar-refractivity contribution in [2.45, 2.75) is 19.9 Å². The summed E-state index contributed by atoms with van der Waals surface area (Å²) in [5.41, 5.74) is 0. The van der Waals surface area contributed by atoms with Crippen LogP contribution in [0.4, 0.5) is 0 Å². The zero-order valence-corrected chi connectivity index (χ0v) is 10.5. The van der Waals surface area contributed by atoms with Crippen LogP contribution in [0.3, 0.4) is 0 Å². The van der Waals surface area contributed by atoms with Gasteiger partial charge in [0.1, 0.15) is 10.4 Å². The van der Waals surface area contributed by atoms with Gasteiger partial charge in [-0.3, -0.25) is 9.69 Å². The third kappa shape index (κ3) is 2.51. The van der Waals surface area contributed by atoms with E-state index in [4.69, 9.17) is 17.3 Å². The van der Waals surface area contributed by atoms with E-state index >= 15 is 0 Å². The highest BCUT2D eigenvalue weighted by Crippen LogP contribution is 2.32. The molecule has 1 aliphatic rings. The van der Waals surface area contributed by atoms with E-state index in [0.717, 1.165) is 16.7 Å². The molecule has 0 bridgehead atoms. The quantitative estimate of drug-likeness (QED) is 0.617. The summed E-state index contributed by atoms with van der Waals surface area (Å²) in [6.45, 7) is 3.27. The number of hydrogen-bond donors (Lipinski definition) is 1. The first-order valence-electron chi connectivity index (χ1n) is 4.60. The summed E-state index contributed by atoms with van der Waals surface area (Å²) in [6, 6.07) is -0.927. The van der Waals surface area contributed by atoms with E-state index < -0.39 is 12.0 Å². The number of hydrogen-bond acceptors (Lipinski definition) is 4. The van der Waals surface area contributed by atoms with Gasteiger partial charge in [-0.2, -0.15) is 0 Å². The number of carbonyl (C=O) groups is 2. The van der Waals surface area contributed by atoms with Crippen molar-refractivity contribution < 1.29 is 14.7 Å². The molecule has 16 heavy (non-hydrogen) atoms. The molecule has 0 radical (unpaired) electrons. The maximum Gasteiger partial charge on any atom is 0.326 e. The standard InChI is InChI=1S/C10H11NO3S2/c1-3-4-5-7-8(12)11(10(15)16-7)6(2)9(13)14/h3-6H,1-2H3,(H,13,14)/b4-3+,7-5-. The molecule has 0 saturated carbocycles. The number of thiocarbonyl (C=S) groups is 1.